The average Bonchev–Trinajstić information content (AvgIpc) is 3.35. The molecule has 160 valence electrons. The Kier molecular flexibility index (Phi) is 4.98. The van der Waals surface area contributed by atoms with Crippen LogP contribution in [0.1, 0.15) is 39.5 Å². The van der Waals surface area contributed by atoms with Gasteiger partial charge in [-0.3, -0.25) is 19.5 Å². The molecule has 0 unspecified atom stereocenters. The van der Waals surface area contributed by atoms with Crippen molar-refractivity contribution in [1.29, 1.82) is 0 Å². The van der Waals surface area contributed by atoms with Gasteiger partial charge in [0.1, 0.15) is 12.4 Å². The Morgan fingerprint density at radius 2 is 1.69 bits per heavy atom. The number of amides is 1. The third-order valence-electron chi connectivity index (χ3n) is 6.05. The van der Waals surface area contributed by atoms with Crippen LogP contribution in [0.4, 0.5) is 5.69 Å². The Morgan fingerprint density at radius 3 is 2.41 bits per heavy atom. The second kappa shape index (κ2) is 7.96. The van der Waals surface area contributed by atoms with Gasteiger partial charge >= 0.3 is 5.91 Å². The standard InChI is InChI=1S/C26H23N3O3/c1-17-7-9-19(10-8-17)24-15-22(18-11-13-20(32-2)14-12-18)27-29(24)16-28-23-6-4-3-5-21(23)25(30)26(28)31/h3-14,24H,15-16H2,1-2H3/t24-/m1/s1. The summed E-state index contributed by atoms with van der Waals surface area (Å²) in [5.41, 5.74) is 5.33. The van der Waals surface area contributed by atoms with Gasteiger partial charge in [0.25, 0.3) is 5.78 Å². The molecule has 6 nitrogen and oxygen atoms in total. The maximum atomic E-state index is 12.7. The highest BCUT2D eigenvalue weighted by atomic mass is 16.5. The van der Waals surface area contributed by atoms with E-state index in [2.05, 4.69) is 31.2 Å². The van der Waals surface area contributed by atoms with Crippen molar-refractivity contribution in [3.63, 3.8) is 0 Å². The smallest absolute Gasteiger partial charge is 0.301 e. The second-order valence-electron chi connectivity index (χ2n) is 8.07. The summed E-state index contributed by atoms with van der Waals surface area (Å²) in [5, 5.41) is 6.81. The zero-order valence-corrected chi connectivity index (χ0v) is 18.0. The topological polar surface area (TPSA) is 62.2 Å². The molecule has 0 N–H and O–H groups in total. The van der Waals surface area contributed by atoms with Gasteiger partial charge in [0, 0.05) is 6.42 Å². The number of ether oxygens (including phenoxy) is 1. The van der Waals surface area contributed by atoms with Gasteiger partial charge in [0.15, 0.2) is 0 Å². The lowest BCUT2D eigenvalue weighted by atomic mass is 9.98. The van der Waals surface area contributed by atoms with Crippen molar-refractivity contribution in [3.8, 4) is 5.75 Å². The zero-order valence-electron chi connectivity index (χ0n) is 18.0. The molecule has 0 bridgehead atoms. The number of rotatable bonds is 5. The molecule has 1 amide bonds. The van der Waals surface area contributed by atoms with Crippen LogP contribution in [0.15, 0.2) is 77.9 Å². The van der Waals surface area contributed by atoms with Gasteiger partial charge in [0.2, 0.25) is 0 Å². The number of hydrazone groups is 1. The van der Waals surface area contributed by atoms with Crippen LogP contribution < -0.4 is 9.64 Å². The van der Waals surface area contributed by atoms with Crippen LogP contribution in [-0.2, 0) is 4.79 Å². The van der Waals surface area contributed by atoms with Crippen LogP contribution in [0.2, 0.25) is 0 Å². The third kappa shape index (κ3) is 3.43. The lowest BCUT2D eigenvalue weighted by Gasteiger charge is -2.28. The van der Waals surface area contributed by atoms with E-state index in [1.54, 1.807) is 19.2 Å². The van der Waals surface area contributed by atoms with Gasteiger partial charge in [-0.05, 0) is 54.4 Å². The molecule has 2 heterocycles. The molecule has 2 aliphatic heterocycles. The van der Waals surface area contributed by atoms with Crippen LogP contribution >= 0.6 is 0 Å². The fourth-order valence-electron chi connectivity index (χ4n) is 4.26. The quantitative estimate of drug-likeness (QED) is 0.571. The summed E-state index contributed by atoms with van der Waals surface area (Å²) in [7, 11) is 1.64. The van der Waals surface area contributed by atoms with Gasteiger partial charge in [-0.2, -0.15) is 5.10 Å². The van der Waals surface area contributed by atoms with Crippen molar-refractivity contribution in [3.05, 3.63) is 95.1 Å². The molecule has 0 fully saturated rings. The van der Waals surface area contributed by atoms with Crippen molar-refractivity contribution < 1.29 is 14.3 Å². The van der Waals surface area contributed by atoms with E-state index in [0.717, 1.165) is 22.6 Å². The number of hydrogen-bond acceptors (Lipinski definition) is 5. The van der Waals surface area contributed by atoms with E-state index in [4.69, 9.17) is 9.84 Å². The number of anilines is 1. The predicted molar refractivity (Wildman–Crippen MR) is 123 cm³/mol. The second-order valence-corrected chi connectivity index (χ2v) is 8.07. The molecule has 3 aromatic rings. The summed E-state index contributed by atoms with van der Waals surface area (Å²) in [6, 6.07) is 23.3. The van der Waals surface area contributed by atoms with Crippen LogP contribution in [-0.4, -0.2) is 36.2 Å². The summed E-state index contributed by atoms with van der Waals surface area (Å²) in [5.74, 6) is -0.190. The zero-order chi connectivity index (χ0) is 22.2. The molecule has 2 aliphatic rings. The fraction of sp³-hybridized carbons (Fsp3) is 0.192. The number of methoxy groups -OCH3 is 1. The Balaban J connectivity index is 1.50. The normalized spacial score (nSPS) is 17.6. The number of benzene rings is 3. The van der Waals surface area contributed by atoms with Crippen molar-refractivity contribution in [2.75, 3.05) is 18.7 Å². The Bertz CT molecular complexity index is 1220. The molecule has 0 spiro atoms. The highest BCUT2D eigenvalue weighted by molar-refractivity contribution is 6.52. The van der Waals surface area contributed by atoms with Gasteiger partial charge < -0.3 is 4.74 Å². The van der Waals surface area contributed by atoms with Crippen molar-refractivity contribution in [2.24, 2.45) is 5.10 Å². The number of aryl methyl sites for hydroxylation is 1. The predicted octanol–water partition coefficient (Wildman–Crippen LogP) is 4.34. The first-order valence-electron chi connectivity index (χ1n) is 10.6. The van der Waals surface area contributed by atoms with Gasteiger partial charge in [-0.25, -0.2) is 0 Å². The maximum Gasteiger partial charge on any atom is 0.301 e. The number of para-hydroxylation sites is 1. The minimum Gasteiger partial charge on any atom is -0.497 e. The maximum absolute atomic E-state index is 12.7. The number of Topliss-reactive ketones (excluding diaryl/α,β-unsaturated/α-hetero) is 1. The van der Waals surface area contributed by atoms with Gasteiger partial charge in [0.05, 0.1) is 30.1 Å². The molecule has 3 aromatic carbocycles. The van der Waals surface area contributed by atoms with Crippen molar-refractivity contribution in [2.45, 2.75) is 19.4 Å². The molecule has 6 heteroatoms. The average molecular weight is 425 g/mol. The van der Waals surface area contributed by atoms with E-state index in [1.165, 1.54) is 10.5 Å². The Labute approximate surface area is 186 Å². The number of carbonyl (C=O) groups excluding carboxylic acids is 2. The highest BCUT2D eigenvalue weighted by Gasteiger charge is 2.39. The molecule has 5 rings (SSSR count). The van der Waals surface area contributed by atoms with Crippen LogP contribution in [0.5, 0.6) is 5.75 Å². The minimum atomic E-state index is -0.512. The lowest BCUT2D eigenvalue weighted by Crippen LogP contribution is -2.39. The van der Waals surface area contributed by atoms with Crippen molar-refractivity contribution in [1.82, 2.24) is 5.01 Å². The molecular formula is C26H23N3O3. The Hall–Kier alpha value is -3.93. The van der Waals surface area contributed by atoms with Crippen LogP contribution in [0.25, 0.3) is 0 Å². The summed E-state index contributed by atoms with van der Waals surface area (Å²) < 4.78 is 5.27. The number of fused-ring (bicyclic) bond motifs is 1. The first-order chi connectivity index (χ1) is 15.5. The SMILES string of the molecule is COc1ccc(C2=NN(CN3C(=O)C(=O)c4ccccc43)[C@@H](c3ccc(C)cc3)C2)cc1. The van der Waals surface area contributed by atoms with Gasteiger partial charge in [-0.1, -0.05) is 42.0 Å². The molecule has 0 radical (unpaired) electrons. The fourth-order valence-corrected chi connectivity index (χ4v) is 4.26. The first kappa shape index (κ1) is 20.0. The van der Waals surface area contributed by atoms with Crippen LogP contribution in [0, 0.1) is 6.92 Å². The number of nitrogens with zero attached hydrogens (tertiary/aromatic N) is 3. The molecular weight excluding hydrogens is 402 g/mol. The molecule has 0 aromatic heterocycles. The van der Waals surface area contributed by atoms with E-state index in [1.807, 2.05) is 41.4 Å². The van der Waals surface area contributed by atoms with E-state index < -0.39 is 11.7 Å². The van der Waals surface area contributed by atoms with Crippen molar-refractivity contribution >= 4 is 23.1 Å². The molecule has 32 heavy (non-hydrogen) atoms. The summed E-state index contributed by atoms with van der Waals surface area (Å²) >= 11 is 0. The third-order valence-corrected chi connectivity index (χ3v) is 6.05. The number of hydrogen-bond donors (Lipinski definition) is 0. The molecule has 0 saturated carbocycles. The summed E-state index contributed by atoms with van der Waals surface area (Å²) in [6.07, 6.45) is 0.701. The van der Waals surface area contributed by atoms with E-state index in [9.17, 15) is 9.59 Å². The van der Waals surface area contributed by atoms with Gasteiger partial charge in [-0.15, -0.1) is 0 Å². The lowest BCUT2D eigenvalue weighted by molar-refractivity contribution is -0.114. The number of ketones is 1. The minimum absolute atomic E-state index is 0.0386. The molecule has 0 aliphatic carbocycles. The van der Waals surface area contributed by atoms with E-state index in [0.29, 0.717) is 17.7 Å². The number of carbonyl (C=O) groups is 2. The molecule has 1 atom stereocenters. The first-order valence-corrected chi connectivity index (χ1v) is 10.6. The highest BCUT2D eigenvalue weighted by Crippen LogP contribution is 2.36. The Morgan fingerprint density at radius 1 is 0.969 bits per heavy atom. The summed E-state index contributed by atoms with van der Waals surface area (Å²) in [6.45, 7) is 2.26. The monoisotopic (exact) mass is 425 g/mol. The summed E-state index contributed by atoms with van der Waals surface area (Å²) in [4.78, 5) is 26.7. The van der Waals surface area contributed by atoms with E-state index in [-0.39, 0.29) is 12.7 Å². The van der Waals surface area contributed by atoms with E-state index >= 15 is 0 Å². The molecule has 0 saturated heterocycles. The largest absolute Gasteiger partial charge is 0.497 e. The van der Waals surface area contributed by atoms with Crippen LogP contribution in [0.3, 0.4) is 0 Å².